The molecule has 1 amide bonds. The third-order valence-corrected chi connectivity index (χ3v) is 3.92. The molecule has 1 unspecified atom stereocenters. The van der Waals surface area contributed by atoms with Gasteiger partial charge in [0.05, 0.1) is 16.3 Å². The van der Waals surface area contributed by atoms with Crippen molar-refractivity contribution in [3.05, 3.63) is 28.1 Å². The number of carbonyl (C=O) groups is 1. The number of nitro groups is 1. The van der Waals surface area contributed by atoms with Gasteiger partial charge >= 0.3 is 5.69 Å². The number of nitrogens with two attached hydrogens (primary N) is 1. The van der Waals surface area contributed by atoms with Crippen molar-refractivity contribution >= 4 is 38.9 Å². The van der Waals surface area contributed by atoms with Gasteiger partial charge in [-0.1, -0.05) is 15.9 Å². The molecule has 2 N–H and O–H groups in total. The van der Waals surface area contributed by atoms with Gasteiger partial charge in [0, 0.05) is 30.4 Å². The molecule has 1 heterocycles. The molecule has 0 spiro atoms. The Labute approximate surface area is 116 Å². The van der Waals surface area contributed by atoms with Crippen LogP contribution in [0.15, 0.2) is 12.1 Å². The number of halogens is 2. The molecule has 1 atom stereocenters. The molecule has 0 bridgehead atoms. The second-order valence-electron chi connectivity index (χ2n) is 4.35. The van der Waals surface area contributed by atoms with Gasteiger partial charge in [-0.05, 0) is 5.92 Å². The molecule has 1 aromatic carbocycles. The lowest BCUT2D eigenvalue weighted by atomic mass is 10.1. The van der Waals surface area contributed by atoms with Crippen LogP contribution in [0.2, 0.25) is 0 Å². The number of rotatable bonds is 3. The van der Waals surface area contributed by atoms with Crippen LogP contribution in [0.1, 0.15) is 6.42 Å². The lowest BCUT2D eigenvalue weighted by Crippen LogP contribution is -2.25. The minimum atomic E-state index is -1.00. The summed E-state index contributed by atoms with van der Waals surface area (Å²) in [6.45, 7) is 0.414. The number of anilines is 2. The maximum Gasteiger partial charge on any atom is 0.307 e. The molecule has 0 saturated carbocycles. The predicted octanol–water partition coefficient (Wildman–Crippen LogP) is 2.06. The van der Waals surface area contributed by atoms with E-state index >= 15 is 0 Å². The highest BCUT2D eigenvalue weighted by molar-refractivity contribution is 9.09. The van der Waals surface area contributed by atoms with Crippen molar-refractivity contribution in [2.45, 2.75) is 6.42 Å². The number of amides is 1. The van der Waals surface area contributed by atoms with Crippen molar-refractivity contribution in [2.24, 2.45) is 5.92 Å². The maximum atomic E-state index is 13.4. The molecule has 19 heavy (non-hydrogen) atoms. The van der Waals surface area contributed by atoms with E-state index in [9.17, 15) is 19.3 Å². The highest BCUT2D eigenvalue weighted by atomic mass is 79.9. The van der Waals surface area contributed by atoms with Crippen molar-refractivity contribution in [1.29, 1.82) is 0 Å². The van der Waals surface area contributed by atoms with E-state index in [0.717, 1.165) is 12.1 Å². The average Bonchev–Trinajstić information content (AvgIpc) is 2.70. The molecule has 8 heteroatoms. The lowest BCUT2D eigenvalue weighted by molar-refractivity contribution is -0.387. The second-order valence-corrected chi connectivity index (χ2v) is 5.00. The SMILES string of the molecule is Nc1cc(F)c([N+](=O)[O-])cc1N1CC(CBr)CC1=O. The van der Waals surface area contributed by atoms with E-state index < -0.39 is 16.4 Å². The molecule has 0 radical (unpaired) electrons. The van der Waals surface area contributed by atoms with E-state index in [4.69, 9.17) is 5.73 Å². The number of nitrogen functional groups attached to an aromatic ring is 1. The van der Waals surface area contributed by atoms with Crippen LogP contribution in [0.5, 0.6) is 0 Å². The first-order valence-electron chi connectivity index (χ1n) is 5.53. The van der Waals surface area contributed by atoms with Crippen molar-refractivity contribution in [3.8, 4) is 0 Å². The average molecular weight is 332 g/mol. The zero-order chi connectivity index (χ0) is 14.2. The van der Waals surface area contributed by atoms with Gasteiger partial charge in [0.25, 0.3) is 0 Å². The third-order valence-electron chi connectivity index (χ3n) is 3.01. The van der Waals surface area contributed by atoms with Gasteiger partial charge in [-0.25, -0.2) is 0 Å². The number of hydrogen-bond acceptors (Lipinski definition) is 4. The fraction of sp³-hybridized carbons (Fsp3) is 0.364. The fourth-order valence-electron chi connectivity index (χ4n) is 2.06. The maximum absolute atomic E-state index is 13.4. The van der Waals surface area contributed by atoms with E-state index in [1.807, 2.05) is 0 Å². The molecule has 1 saturated heterocycles. The Bertz CT molecular complexity index is 552. The summed E-state index contributed by atoms with van der Waals surface area (Å²) >= 11 is 3.29. The van der Waals surface area contributed by atoms with Crippen LogP contribution in [0.3, 0.4) is 0 Å². The summed E-state index contributed by atoms with van der Waals surface area (Å²) in [7, 11) is 0. The van der Waals surface area contributed by atoms with Crippen LogP contribution in [0, 0.1) is 21.8 Å². The largest absolute Gasteiger partial charge is 0.397 e. The van der Waals surface area contributed by atoms with Crippen LogP contribution < -0.4 is 10.6 Å². The van der Waals surface area contributed by atoms with Gasteiger partial charge in [0.1, 0.15) is 0 Å². The predicted molar refractivity (Wildman–Crippen MR) is 71.7 cm³/mol. The van der Waals surface area contributed by atoms with E-state index in [1.165, 1.54) is 4.90 Å². The molecule has 1 fully saturated rings. The van der Waals surface area contributed by atoms with Crippen LogP contribution in [0.25, 0.3) is 0 Å². The van der Waals surface area contributed by atoms with Crippen molar-refractivity contribution in [1.82, 2.24) is 0 Å². The van der Waals surface area contributed by atoms with Crippen LogP contribution in [0.4, 0.5) is 21.5 Å². The van der Waals surface area contributed by atoms with Gasteiger partial charge < -0.3 is 10.6 Å². The molecule has 0 aromatic heterocycles. The standard InChI is InChI=1S/C11H11BrFN3O3/c12-4-6-1-11(17)15(5-6)10-3-9(16(18)19)7(13)2-8(10)14/h2-3,6H,1,4-5,14H2. The molecule has 1 aromatic rings. The van der Waals surface area contributed by atoms with Crippen molar-refractivity contribution in [2.75, 3.05) is 22.5 Å². The summed E-state index contributed by atoms with van der Waals surface area (Å²) in [4.78, 5) is 23.1. The van der Waals surface area contributed by atoms with E-state index in [-0.39, 0.29) is 23.2 Å². The Morgan fingerprint density at radius 2 is 2.26 bits per heavy atom. The van der Waals surface area contributed by atoms with Crippen LogP contribution in [-0.4, -0.2) is 22.7 Å². The summed E-state index contributed by atoms with van der Waals surface area (Å²) in [5.74, 6) is -1.05. The van der Waals surface area contributed by atoms with Crippen LogP contribution in [-0.2, 0) is 4.79 Å². The Kier molecular flexibility index (Phi) is 3.70. The fourth-order valence-corrected chi connectivity index (χ4v) is 2.49. The third kappa shape index (κ3) is 2.53. The topological polar surface area (TPSA) is 89.5 Å². The second kappa shape index (κ2) is 5.12. The monoisotopic (exact) mass is 331 g/mol. The van der Waals surface area contributed by atoms with Gasteiger partial charge in [0.15, 0.2) is 0 Å². The summed E-state index contributed by atoms with van der Waals surface area (Å²) < 4.78 is 13.4. The zero-order valence-corrected chi connectivity index (χ0v) is 11.4. The Morgan fingerprint density at radius 3 is 2.79 bits per heavy atom. The quantitative estimate of drug-likeness (QED) is 0.397. The molecule has 2 rings (SSSR count). The number of benzene rings is 1. The summed E-state index contributed by atoms with van der Waals surface area (Å²) in [5.41, 5.74) is 5.19. The molecule has 1 aliphatic heterocycles. The highest BCUT2D eigenvalue weighted by Crippen LogP contribution is 2.34. The molecule has 0 aliphatic carbocycles. The molecule has 6 nitrogen and oxygen atoms in total. The minimum Gasteiger partial charge on any atom is -0.397 e. The van der Waals surface area contributed by atoms with Gasteiger partial charge in [0.2, 0.25) is 11.7 Å². The Hall–Kier alpha value is -1.70. The minimum absolute atomic E-state index is 0.0201. The van der Waals surface area contributed by atoms with E-state index in [2.05, 4.69) is 15.9 Å². The summed E-state index contributed by atoms with van der Waals surface area (Å²) in [6.07, 6.45) is 0.343. The number of carbonyl (C=O) groups excluding carboxylic acids is 1. The first kappa shape index (κ1) is 13.7. The van der Waals surface area contributed by atoms with E-state index in [1.54, 1.807) is 0 Å². The van der Waals surface area contributed by atoms with Gasteiger partial charge in [-0.2, -0.15) is 4.39 Å². The molecule has 1 aliphatic rings. The Balaban J connectivity index is 2.42. The van der Waals surface area contributed by atoms with Gasteiger partial charge in [-0.15, -0.1) is 0 Å². The normalized spacial score (nSPS) is 18.9. The summed E-state index contributed by atoms with van der Waals surface area (Å²) in [5, 5.41) is 11.4. The van der Waals surface area contributed by atoms with E-state index in [0.29, 0.717) is 18.3 Å². The Morgan fingerprint density at radius 1 is 1.58 bits per heavy atom. The zero-order valence-electron chi connectivity index (χ0n) is 9.81. The molecule has 102 valence electrons. The number of nitro benzene ring substituents is 1. The first-order chi connectivity index (χ1) is 8.93. The first-order valence-corrected chi connectivity index (χ1v) is 6.66. The van der Waals surface area contributed by atoms with Gasteiger partial charge in [-0.3, -0.25) is 14.9 Å². The lowest BCUT2D eigenvalue weighted by Gasteiger charge is -2.18. The smallest absolute Gasteiger partial charge is 0.307 e. The molecular weight excluding hydrogens is 321 g/mol. The van der Waals surface area contributed by atoms with Crippen LogP contribution >= 0.6 is 15.9 Å². The number of alkyl halides is 1. The number of nitrogens with zero attached hydrogens (tertiary/aromatic N) is 2. The van der Waals surface area contributed by atoms with Crippen molar-refractivity contribution < 1.29 is 14.1 Å². The summed E-state index contributed by atoms with van der Waals surface area (Å²) in [6, 6.07) is 1.89. The van der Waals surface area contributed by atoms with Crippen molar-refractivity contribution in [3.63, 3.8) is 0 Å². The molecular formula is C11H11BrFN3O3. The number of hydrogen-bond donors (Lipinski definition) is 1. The highest BCUT2D eigenvalue weighted by Gasteiger charge is 2.32.